The lowest BCUT2D eigenvalue weighted by molar-refractivity contribution is -0.168. The van der Waals surface area contributed by atoms with Gasteiger partial charge in [-0.15, -0.1) is 0 Å². The summed E-state index contributed by atoms with van der Waals surface area (Å²) in [5.74, 6) is -0.319. The zero-order valence-corrected chi connectivity index (χ0v) is 21.0. The Morgan fingerprint density at radius 3 is 2.54 bits per heavy atom. The standard InChI is InChI=1S/C27H32FNO5S/c1-20-22(13-15-32-16-17-34-27-8-3-4-14-33-27)18-26(29(20)24-7-5-6-23(28)19-24)21-9-11-25(12-10-21)35(2,30)31/h5-7,9-12,18-19,27H,3-4,8,13-17H2,1-2H3. The summed E-state index contributed by atoms with van der Waals surface area (Å²) in [6, 6.07) is 15.3. The summed E-state index contributed by atoms with van der Waals surface area (Å²) in [7, 11) is -3.29. The number of ether oxygens (including phenoxy) is 3. The molecular formula is C27H32FNO5S. The van der Waals surface area contributed by atoms with Crippen LogP contribution in [-0.4, -0.2) is 52.0 Å². The van der Waals surface area contributed by atoms with Crippen LogP contribution in [0.25, 0.3) is 16.9 Å². The number of rotatable bonds is 10. The highest BCUT2D eigenvalue weighted by Crippen LogP contribution is 2.31. The zero-order valence-electron chi connectivity index (χ0n) is 20.2. The SMILES string of the molecule is Cc1c(CCOCCOC2CCCCO2)cc(-c2ccc(S(C)(=O)=O)cc2)n1-c1cccc(F)c1. The fourth-order valence-electron chi connectivity index (χ4n) is 4.31. The van der Waals surface area contributed by atoms with E-state index in [0.29, 0.717) is 31.9 Å². The lowest BCUT2D eigenvalue weighted by Crippen LogP contribution is -2.24. The van der Waals surface area contributed by atoms with Gasteiger partial charge in [0.05, 0.1) is 30.4 Å². The second-order valence-corrected chi connectivity index (χ2v) is 10.8. The van der Waals surface area contributed by atoms with E-state index in [4.69, 9.17) is 14.2 Å². The molecule has 8 heteroatoms. The minimum atomic E-state index is -3.29. The molecule has 1 aliphatic rings. The summed E-state index contributed by atoms with van der Waals surface area (Å²) in [6.45, 7) is 4.26. The van der Waals surface area contributed by atoms with Crippen LogP contribution in [0.3, 0.4) is 0 Å². The number of nitrogens with zero attached hydrogens (tertiary/aromatic N) is 1. The molecule has 1 aromatic heterocycles. The fraction of sp³-hybridized carbons (Fsp3) is 0.407. The van der Waals surface area contributed by atoms with Crippen LogP contribution in [-0.2, 0) is 30.5 Å². The van der Waals surface area contributed by atoms with Crippen LogP contribution in [0.4, 0.5) is 4.39 Å². The van der Waals surface area contributed by atoms with E-state index in [2.05, 4.69) is 6.07 Å². The average Bonchev–Trinajstić information content (AvgIpc) is 3.17. The van der Waals surface area contributed by atoms with Crippen molar-refractivity contribution in [2.24, 2.45) is 0 Å². The van der Waals surface area contributed by atoms with Gasteiger partial charge < -0.3 is 18.8 Å². The number of halogens is 1. The number of hydrogen-bond donors (Lipinski definition) is 0. The monoisotopic (exact) mass is 501 g/mol. The Balaban J connectivity index is 1.49. The third-order valence-corrected chi connectivity index (χ3v) is 7.31. The Hall–Kier alpha value is -2.52. The first kappa shape index (κ1) is 25.6. The van der Waals surface area contributed by atoms with Crippen LogP contribution in [0.5, 0.6) is 0 Å². The maximum atomic E-state index is 14.0. The summed E-state index contributed by atoms with van der Waals surface area (Å²) in [5.41, 5.74) is 4.47. The third kappa shape index (κ3) is 6.58. The third-order valence-electron chi connectivity index (χ3n) is 6.18. The Labute approximate surface area is 206 Å². The number of aromatic nitrogens is 1. The first-order chi connectivity index (χ1) is 16.8. The summed E-state index contributed by atoms with van der Waals surface area (Å²) in [5, 5.41) is 0. The van der Waals surface area contributed by atoms with Crippen LogP contribution >= 0.6 is 0 Å². The molecule has 0 N–H and O–H groups in total. The number of benzene rings is 2. The smallest absolute Gasteiger partial charge is 0.175 e. The van der Waals surface area contributed by atoms with Crippen molar-refractivity contribution in [1.82, 2.24) is 4.57 Å². The lowest BCUT2D eigenvalue weighted by Gasteiger charge is -2.22. The van der Waals surface area contributed by atoms with Crippen molar-refractivity contribution >= 4 is 9.84 Å². The van der Waals surface area contributed by atoms with E-state index in [-0.39, 0.29) is 17.0 Å². The van der Waals surface area contributed by atoms with Crippen molar-refractivity contribution in [2.75, 3.05) is 32.7 Å². The Morgan fingerprint density at radius 2 is 1.86 bits per heavy atom. The lowest BCUT2D eigenvalue weighted by atomic mass is 10.1. The van der Waals surface area contributed by atoms with Crippen molar-refractivity contribution in [3.8, 4) is 16.9 Å². The molecule has 1 atom stereocenters. The Morgan fingerprint density at radius 1 is 1.06 bits per heavy atom. The van der Waals surface area contributed by atoms with Gasteiger partial charge in [0.15, 0.2) is 16.1 Å². The van der Waals surface area contributed by atoms with E-state index in [9.17, 15) is 12.8 Å². The first-order valence-electron chi connectivity index (χ1n) is 11.9. The summed E-state index contributed by atoms with van der Waals surface area (Å²) >= 11 is 0. The van der Waals surface area contributed by atoms with Crippen LogP contribution < -0.4 is 0 Å². The molecule has 0 amide bonds. The van der Waals surface area contributed by atoms with Gasteiger partial charge >= 0.3 is 0 Å². The van der Waals surface area contributed by atoms with Crippen molar-refractivity contribution in [2.45, 2.75) is 43.8 Å². The zero-order chi connectivity index (χ0) is 24.8. The van der Waals surface area contributed by atoms with Gasteiger partial charge in [0.25, 0.3) is 0 Å². The highest BCUT2D eigenvalue weighted by molar-refractivity contribution is 7.90. The van der Waals surface area contributed by atoms with Gasteiger partial charge in [-0.2, -0.15) is 0 Å². The minimum Gasteiger partial charge on any atom is -0.379 e. The molecule has 1 saturated heterocycles. The van der Waals surface area contributed by atoms with E-state index in [1.54, 1.807) is 30.3 Å². The molecule has 0 spiro atoms. The molecule has 0 saturated carbocycles. The second kappa shape index (κ2) is 11.5. The van der Waals surface area contributed by atoms with Crippen LogP contribution in [0.2, 0.25) is 0 Å². The van der Waals surface area contributed by atoms with Crippen LogP contribution in [0.15, 0.2) is 59.5 Å². The maximum absolute atomic E-state index is 14.0. The van der Waals surface area contributed by atoms with Gasteiger partial charge in [0, 0.05) is 24.2 Å². The normalized spacial score (nSPS) is 16.5. The fourth-order valence-corrected chi connectivity index (χ4v) is 4.94. The van der Waals surface area contributed by atoms with Gasteiger partial charge in [-0.05, 0) is 80.1 Å². The molecule has 35 heavy (non-hydrogen) atoms. The second-order valence-electron chi connectivity index (χ2n) is 8.78. The van der Waals surface area contributed by atoms with E-state index >= 15 is 0 Å². The molecule has 2 aromatic carbocycles. The van der Waals surface area contributed by atoms with Gasteiger partial charge in [0.1, 0.15) is 5.82 Å². The highest BCUT2D eigenvalue weighted by Gasteiger charge is 2.17. The predicted molar refractivity (Wildman–Crippen MR) is 133 cm³/mol. The van der Waals surface area contributed by atoms with E-state index in [1.807, 2.05) is 17.6 Å². The van der Waals surface area contributed by atoms with E-state index in [1.165, 1.54) is 18.4 Å². The molecule has 1 unspecified atom stereocenters. The molecule has 6 nitrogen and oxygen atoms in total. The Bertz CT molecular complexity index is 1230. The van der Waals surface area contributed by atoms with Gasteiger partial charge in [-0.1, -0.05) is 18.2 Å². The molecule has 1 fully saturated rings. The molecule has 0 bridgehead atoms. The van der Waals surface area contributed by atoms with Crippen LogP contribution in [0, 0.1) is 12.7 Å². The van der Waals surface area contributed by atoms with Gasteiger partial charge in [-0.25, -0.2) is 12.8 Å². The summed E-state index contributed by atoms with van der Waals surface area (Å²) in [4.78, 5) is 0.260. The van der Waals surface area contributed by atoms with Gasteiger partial charge in [0.2, 0.25) is 0 Å². The van der Waals surface area contributed by atoms with Crippen molar-refractivity contribution < 1.29 is 27.0 Å². The molecule has 188 valence electrons. The molecule has 1 aliphatic heterocycles. The van der Waals surface area contributed by atoms with E-state index < -0.39 is 9.84 Å². The van der Waals surface area contributed by atoms with Gasteiger partial charge in [-0.3, -0.25) is 0 Å². The molecule has 4 rings (SSSR count). The largest absolute Gasteiger partial charge is 0.379 e. The molecule has 0 aliphatic carbocycles. The molecule has 2 heterocycles. The Kier molecular flexibility index (Phi) is 8.38. The maximum Gasteiger partial charge on any atom is 0.175 e. The van der Waals surface area contributed by atoms with Crippen molar-refractivity contribution in [3.05, 3.63) is 71.7 Å². The summed E-state index contributed by atoms with van der Waals surface area (Å²) < 4.78 is 56.9. The van der Waals surface area contributed by atoms with Crippen LogP contribution in [0.1, 0.15) is 30.5 Å². The van der Waals surface area contributed by atoms with Crippen molar-refractivity contribution in [1.29, 1.82) is 0 Å². The molecular weight excluding hydrogens is 469 g/mol. The molecule has 0 radical (unpaired) electrons. The summed E-state index contributed by atoms with van der Waals surface area (Å²) in [6.07, 6.45) is 4.91. The highest BCUT2D eigenvalue weighted by atomic mass is 32.2. The topological polar surface area (TPSA) is 66.8 Å². The molecule has 3 aromatic rings. The quantitative estimate of drug-likeness (QED) is 0.362. The van der Waals surface area contributed by atoms with Crippen molar-refractivity contribution in [3.63, 3.8) is 0 Å². The first-order valence-corrected chi connectivity index (χ1v) is 13.8. The average molecular weight is 502 g/mol. The number of hydrogen-bond acceptors (Lipinski definition) is 5. The predicted octanol–water partition coefficient (Wildman–Crippen LogP) is 5.10. The minimum absolute atomic E-state index is 0.119. The van der Waals surface area contributed by atoms with E-state index in [0.717, 1.165) is 48.4 Å². The number of sulfone groups is 1.